The molecule has 912 valence electrons. The molecule has 0 unspecified atom stereocenters. The maximum absolute atomic E-state index is 9.90. The Labute approximate surface area is 991 Å². The monoisotopic (exact) mass is 2170 g/mol. The number of aldehydes is 2. The van der Waals surface area contributed by atoms with Gasteiger partial charge in [-0.1, -0.05) is 783 Å². The molecule has 0 bridgehead atoms. The number of carbonyl (C=O) groups is 3. The van der Waals surface area contributed by atoms with Gasteiger partial charge in [-0.15, -0.1) is 0 Å². The van der Waals surface area contributed by atoms with E-state index in [2.05, 4.69) is 166 Å². The van der Waals surface area contributed by atoms with Gasteiger partial charge in [-0.2, -0.15) is 0 Å². The summed E-state index contributed by atoms with van der Waals surface area (Å²) in [5.41, 5.74) is 0. The Bertz CT molecular complexity index is 1490. The average Bonchev–Trinajstić information content (AvgIpc) is 0.911. The van der Waals surface area contributed by atoms with Gasteiger partial charge in [-0.25, -0.2) is 0 Å². The van der Waals surface area contributed by atoms with E-state index in [1.807, 2.05) is 0 Å². The molecule has 0 heterocycles. The van der Waals surface area contributed by atoms with Crippen molar-refractivity contribution in [3.63, 3.8) is 0 Å². The topological polar surface area (TPSA) is 274 Å². The Hall–Kier alpha value is 0.410. The summed E-state index contributed by atoms with van der Waals surface area (Å²) in [5.74, 6) is -0.833. The number of carboxylic acids is 1. The van der Waals surface area contributed by atoms with Crippen molar-refractivity contribution in [3.05, 3.63) is 0 Å². The zero-order valence-corrected chi connectivity index (χ0v) is 113. The normalized spacial score (nSPS) is 11.7. The minimum absolute atomic E-state index is 0. The number of unbranched alkanes of at least 4 members (excludes halogenated alkanes) is 84. The summed E-state index contributed by atoms with van der Waals surface area (Å²) in [6.07, 6.45) is 124. The number of rotatable bonds is 94. The number of carbonyl (C=O) groups excluding carboxylic acids is 2. The van der Waals surface area contributed by atoms with Crippen molar-refractivity contribution in [2.45, 2.75) is 838 Å². The van der Waals surface area contributed by atoms with Crippen LogP contribution in [-0.2, 0) is 14.4 Å². The number of hydrogen-bond donors (Lipinski definition) is 11. The third kappa shape index (κ3) is 238. The van der Waals surface area contributed by atoms with Crippen molar-refractivity contribution in [3.8, 4) is 0 Å². The molecule has 0 spiro atoms. The zero-order valence-electron chi connectivity index (χ0n) is 109. The second-order valence-corrected chi connectivity index (χ2v) is 42.7. The molecule has 0 fully saturated rings. The average molecular weight is 2170 g/mol. The summed E-state index contributed by atoms with van der Waals surface area (Å²) in [6.45, 7) is 54.0. The minimum Gasteiger partial charge on any atom is -0.481 e. The van der Waals surface area contributed by atoms with E-state index in [9.17, 15) is 9.59 Å². The number of carboxylic acid groups (broad SMARTS) is 1. The molecular weight excluding hydrogens is 1880 g/mol. The van der Waals surface area contributed by atoms with Gasteiger partial charge in [0, 0.05) is 6.92 Å². The zero-order chi connectivity index (χ0) is 115. The number of aliphatic carboxylic acids is 1. The fraction of sp³-hybridized carbons (Fsp3) is 0.978. The summed E-state index contributed by atoms with van der Waals surface area (Å²) in [7, 11) is 0. The maximum atomic E-state index is 9.90. The Balaban J connectivity index is -0.0000000844. The first kappa shape index (κ1) is 189. The second kappa shape index (κ2) is 203. The van der Waals surface area contributed by atoms with Crippen LogP contribution in [-0.4, -0.2) is 137 Å². The van der Waals surface area contributed by atoms with Gasteiger partial charge in [0.15, 0.2) is 12.6 Å². The molecule has 0 aliphatic heterocycles. The molecule has 0 radical (unpaired) electrons. The van der Waals surface area contributed by atoms with Crippen LogP contribution in [0.1, 0.15) is 789 Å². The van der Waals surface area contributed by atoms with Crippen LogP contribution in [0.2, 0.25) is 0 Å². The van der Waals surface area contributed by atoms with Gasteiger partial charge < -0.3 is 65.8 Å². The minimum atomic E-state index is -1.79. The molecule has 14 nitrogen and oxygen atoms in total. The van der Waals surface area contributed by atoms with E-state index >= 15 is 0 Å². The molecule has 16 heteroatoms. The molecule has 0 saturated heterocycles. The van der Waals surface area contributed by atoms with E-state index in [1.54, 1.807) is 0 Å². The van der Waals surface area contributed by atoms with Crippen LogP contribution < -0.4 is 59.1 Å². The van der Waals surface area contributed by atoms with Crippen molar-refractivity contribution in [2.75, 3.05) is 13.2 Å². The van der Waals surface area contributed by atoms with E-state index in [1.165, 1.54) is 616 Å². The van der Waals surface area contributed by atoms with Crippen LogP contribution in [0, 0.1) is 0 Å². The quantitative estimate of drug-likeness (QED) is 0.0154. The van der Waals surface area contributed by atoms with Crippen LogP contribution in [0.5, 0.6) is 0 Å². The van der Waals surface area contributed by atoms with Crippen LogP contribution in [0.4, 0.5) is 0 Å². The first-order valence-corrected chi connectivity index (χ1v) is 66.6. The van der Waals surface area contributed by atoms with Crippen LogP contribution in [0.25, 0.3) is 0 Å². The predicted octanol–water partition coefficient (Wildman–Crippen LogP) is 37.1. The maximum Gasteiger partial charge on any atom is 1.00 e. The molecule has 0 amide bonds. The van der Waals surface area contributed by atoms with Gasteiger partial charge in [-0.05, 0) is 0 Å². The number of hydrogen-bond acceptors (Lipinski definition) is 13. The van der Waals surface area contributed by atoms with Gasteiger partial charge in [0.2, 0.25) is 0 Å². The van der Waals surface area contributed by atoms with E-state index in [-0.39, 0.29) is 71.7 Å². The first-order chi connectivity index (χ1) is 71.8. The van der Waals surface area contributed by atoms with Crippen molar-refractivity contribution in [1.29, 1.82) is 0 Å². The molecule has 0 aromatic rings. The molecule has 0 rings (SSSR count). The van der Waals surface area contributed by atoms with Gasteiger partial charge in [-0.3, -0.25) is 4.79 Å². The molecule has 11 N–H and O–H groups in total. The largest absolute Gasteiger partial charge is 1.00 e. The fourth-order valence-electron chi connectivity index (χ4n) is 15.7. The van der Waals surface area contributed by atoms with E-state index in [0.717, 1.165) is 6.92 Å². The molecule has 150 heavy (non-hydrogen) atoms. The summed E-state index contributed by atoms with van der Waals surface area (Å²) in [4.78, 5) is 28.8. The molecule has 0 aromatic carbocycles. The summed E-state index contributed by atoms with van der Waals surface area (Å²) < 4.78 is 0. The molecule has 0 aliphatic rings. The SMILES string of the molecule is CC(=O)O.CCCCCCCCCC.CCCCCCCCCC.CCCCCCCCCC.CCCCCCCCCC.CCCCCCCCCC.CCCCCCCCCC.CCCCCCCCCC.CCCCCCCCCC.CCCCCCCCCC.CCCCCCCCCC.CCCCCCCCCC.CCCCCCCCCC.O=C[C@H](O)[C@@H](O)[C@H](O)[C@H](O)CO.O=C[C@H](O)[C@@H](O)[C@H](O)[C@H](O)CO.[Na+].[Na+]. The van der Waals surface area contributed by atoms with Gasteiger partial charge in [0.1, 0.15) is 48.8 Å². The molecular formula is C134H292Na2O14+2. The Morgan fingerprint density at radius 3 is 0.260 bits per heavy atom. The van der Waals surface area contributed by atoms with Crippen molar-refractivity contribution in [1.82, 2.24) is 0 Å². The Morgan fingerprint density at radius 2 is 0.213 bits per heavy atom. The van der Waals surface area contributed by atoms with Crippen molar-refractivity contribution >= 4 is 18.5 Å². The van der Waals surface area contributed by atoms with Gasteiger partial charge in [0.05, 0.1) is 13.2 Å². The van der Waals surface area contributed by atoms with Crippen LogP contribution >= 0.6 is 0 Å². The standard InChI is InChI=1S/12C10H22.2C6H12O6.C2H4O2.2Na/c12*1-3-5-7-9-10-8-6-4-2;2*7-1-3(9)5(11)6(12)4(10)2-8;1-2(3)4;;/h12*3-10H2,1-2H3;2*1,3-6,8-12H,2H2;1H3,(H,3,4);;/q;;;;;;;;;;;;;;;2*+1/t;;;;;;;;;;;;2*3-,4+,5+,6+;;;/m............00.../s1. The molecule has 0 saturated carbocycles. The number of aliphatic hydroxyl groups excluding tert-OH is 10. The smallest absolute Gasteiger partial charge is 0.481 e. The summed E-state index contributed by atoms with van der Waals surface area (Å²) in [5, 5.41) is 94.5. The fourth-order valence-corrected chi connectivity index (χ4v) is 15.7. The first-order valence-electron chi connectivity index (χ1n) is 66.6. The van der Waals surface area contributed by atoms with Crippen LogP contribution in [0.3, 0.4) is 0 Å². The predicted molar refractivity (Wildman–Crippen MR) is 667 cm³/mol. The summed E-state index contributed by atoms with van der Waals surface area (Å²) in [6, 6.07) is 0. The Kier molecular flexibility index (Phi) is 255. The van der Waals surface area contributed by atoms with E-state index in [4.69, 9.17) is 61.0 Å². The van der Waals surface area contributed by atoms with E-state index < -0.39 is 68.0 Å². The molecule has 0 aromatic heterocycles. The third-order valence-electron chi connectivity index (χ3n) is 26.3. The van der Waals surface area contributed by atoms with Crippen LogP contribution in [0.15, 0.2) is 0 Å². The van der Waals surface area contributed by atoms with Gasteiger partial charge in [0.25, 0.3) is 5.97 Å². The summed E-state index contributed by atoms with van der Waals surface area (Å²) >= 11 is 0. The van der Waals surface area contributed by atoms with Crippen molar-refractivity contribution in [2.24, 2.45) is 0 Å². The molecule has 0 aliphatic carbocycles. The van der Waals surface area contributed by atoms with E-state index in [0.29, 0.717) is 0 Å². The Morgan fingerprint density at radius 1 is 0.153 bits per heavy atom. The molecule has 8 atom stereocenters. The number of aliphatic hydroxyl groups is 10. The van der Waals surface area contributed by atoms with Gasteiger partial charge >= 0.3 is 59.1 Å². The third-order valence-corrected chi connectivity index (χ3v) is 26.3. The van der Waals surface area contributed by atoms with Crippen molar-refractivity contribution < 1.29 is 130 Å². The second-order valence-electron chi connectivity index (χ2n) is 42.7.